The van der Waals surface area contributed by atoms with Gasteiger partial charge in [0.1, 0.15) is 11.5 Å². The Hall–Kier alpha value is -2.31. The summed E-state index contributed by atoms with van der Waals surface area (Å²) in [5.41, 5.74) is 6.76. The number of nitrogens with one attached hydrogen (secondary N) is 1. The molecule has 3 N–H and O–H groups in total. The second-order valence-electron chi connectivity index (χ2n) is 6.52. The lowest BCUT2D eigenvalue weighted by molar-refractivity contribution is -0.123. The van der Waals surface area contributed by atoms with Gasteiger partial charge in [-0.15, -0.1) is 12.4 Å². The molecule has 2 unspecified atom stereocenters. The first-order chi connectivity index (χ1) is 13.0. The van der Waals surface area contributed by atoms with E-state index in [-0.39, 0.29) is 24.2 Å². The fraction of sp³-hybridized carbons (Fsp3) is 0.429. The van der Waals surface area contributed by atoms with E-state index in [1.54, 1.807) is 6.20 Å². The van der Waals surface area contributed by atoms with Gasteiger partial charge in [0.05, 0.1) is 12.6 Å². The predicted molar refractivity (Wildman–Crippen MR) is 113 cm³/mol. The largest absolute Gasteiger partial charge is 0.494 e. The van der Waals surface area contributed by atoms with E-state index in [0.29, 0.717) is 24.8 Å². The zero-order valence-corrected chi connectivity index (χ0v) is 17.5. The van der Waals surface area contributed by atoms with Crippen molar-refractivity contribution in [3.05, 3.63) is 48.2 Å². The molecule has 0 radical (unpaired) electrons. The highest BCUT2D eigenvalue weighted by atomic mass is 35.5. The maximum atomic E-state index is 12.2. The van der Waals surface area contributed by atoms with Crippen molar-refractivity contribution in [1.29, 1.82) is 0 Å². The Balaban J connectivity index is 0.00000392. The number of benzene rings is 1. The molecule has 154 valence electrons. The van der Waals surface area contributed by atoms with Crippen LogP contribution in [0, 0.1) is 5.92 Å². The third-order valence-electron chi connectivity index (χ3n) is 4.37. The van der Waals surface area contributed by atoms with Crippen molar-refractivity contribution in [2.45, 2.75) is 46.2 Å². The number of ether oxygens (including phenoxy) is 2. The summed E-state index contributed by atoms with van der Waals surface area (Å²) in [5, 5.41) is 2.87. The number of carbonyl (C=O) groups is 1. The highest BCUT2D eigenvalue weighted by molar-refractivity contribution is 5.85. The van der Waals surface area contributed by atoms with Crippen LogP contribution in [-0.2, 0) is 11.3 Å². The molecule has 0 saturated carbocycles. The SMILES string of the molecule is CCCOc1ccc(Oc2ncccc2CNC(=O)C(N)C(C)CC)cc1.Cl. The van der Waals surface area contributed by atoms with Crippen molar-refractivity contribution in [1.82, 2.24) is 10.3 Å². The van der Waals surface area contributed by atoms with Crippen LogP contribution in [0.3, 0.4) is 0 Å². The van der Waals surface area contributed by atoms with Crippen LogP contribution in [0.15, 0.2) is 42.6 Å². The van der Waals surface area contributed by atoms with Gasteiger partial charge in [-0.25, -0.2) is 4.98 Å². The molecule has 7 heteroatoms. The number of rotatable bonds is 10. The van der Waals surface area contributed by atoms with Crippen LogP contribution in [0.5, 0.6) is 17.4 Å². The van der Waals surface area contributed by atoms with Crippen LogP contribution < -0.4 is 20.5 Å². The van der Waals surface area contributed by atoms with Gasteiger partial charge in [0.15, 0.2) is 0 Å². The maximum Gasteiger partial charge on any atom is 0.237 e. The molecule has 0 aliphatic heterocycles. The van der Waals surface area contributed by atoms with Gasteiger partial charge in [0, 0.05) is 18.3 Å². The fourth-order valence-electron chi connectivity index (χ4n) is 2.40. The van der Waals surface area contributed by atoms with Gasteiger partial charge in [-0.1, -0.05) is 33.3 Å². The van der Waals surface area contributed by atoms with Crippen LogP contribution in [0.25, 0.3) is 0 Å². The number of pyridine rings is 1. The van der Waals surface area contributed by atoms with E-state index >= 15 is 0 Å². The lowest BCUT2D eigenvalue weighted by atomic mass is 9.99. The molecule has 1 amide bonds. The summed E-state index contributed by atoms with van der Waals surface area (Å²) in [5.74, 6) is 1.87. The predicted octanol–water partition coefficient (Wildman–Crippen LogP) is 4.07. The number of aromatic nitrogens is 1. The van der Waals surface area contributed by atoms with Crippen molar-refractivity contribution in [3.63, 3.8) is 0 Å². The molecule has 28 heavy (non-hydrogen) atoms. The molecule has 2 aromatic rings. The van der Waals surface area contributed by atoms with Crippen molar-refractivity contribution < 1.29 is 14.3 Å². The van der Waals surface area contributed by atoms with E-state index in [2.05, 4.69) is 17.2 Å². The molecular formula is C21H30ClN3O3. The van der Waals surface area contributed by atoms with Crippen molar-refractivity contribution >= 4 is 18.3 Å². The summed E-state index contributed by atoms with van der Waals surface area (Å²) >= 11 is 0. The number of carbonyl (C=O) groups excluding carboxylic acids is 1. The monoisotopic (exact) mass is 407 g/mol. The van der Waals surface area contributed by atoms with Gasteiger partial charge in [0.25, 0.3) is 0 Å². The molecular weight excluding hydrogens is 378 g/mol. The average Bonchev–Trinajstić information content (AvgIpc) is 2.71. The smallest absolute Gasteiger partial charge is 0.237 e. The summed E-state index contributed by atoms with van der Waals surface area (Å²) in [4.78, 5) is 16.5. The third-order valence-corrected chi connectivity index (χ3v) is 4.37. The Labute approximate surface area is 173 Å². The minimum atomic E-state index is -0.522. The second kappa shape index (κ2) is 12.2. The topological polar surface area (TPSA) is 86.5 Å². The Kier molecular flexibility index (Phi) is 10.3. The molecule has 6 nitrogen and oxygen atoms in total. The summed E-state index contributed by atoms with van der Waals surface area (Å²) in [6.07, 6.45) is 3.47. The van der Waals surface area contributed by atoms with Crippen molar-refractivity contribution in [2.75, 3.05) is 6.61 Å². The molecule has 0 spiro atoms. The van der Waals surface area contributed by atoms with Gasteiger partial charge >= 0.3 is 0 Å². The Morgan fingerprint density at radius 1 is 1.18 bits per heavy atom. The molecule has 1 heterocycles. The molecule has 0 saturated heterocycles. The average molecular weight is 408 g/mol. The van der Waals surface area contributed by atoms with Crippen molar-refractivity contribution in [3.8, 4) is 17.4 Å². The molecule has 0 aliphatic carbocycles. The summed E-state index contributed by atoms with van der Waals surface area (Å²) in [6.45, 7) is 7.04. The number of nitrogens with two attached hydrogens (primary N) is 1. The lowest BCUT2D eigenvalue weighted by Crippen LogP contribution is -2.44. The first-order valence-corrected chi connectivity index (χ1v) is 9.43. The summed E-state index contributed by atoms with van der Waals surface area (Å²) in [7, 11) is 0. The maximum absolute atomic E-state index is 12.2. The first kappa shape index (κ1) is 23.7. The highest BCUT2D eigenvalue weighted by Gasteiger charge is 2.19. The van der Waals surface area contributed by atoms with E-state index in [1.807, 2.05) is 50.2 Å². The van der Waals surface area contributed by atoms with Gasteiger partial charge in [-0.05, 0) is 42.7 Å². The number of halogens is 1. The fourth-order valence-corrected chi connectivity index (χ4v) is 2.40. The van der Waals surface area contributed by atoms with Crippen molar-refractivity contribution in [2.24, 2.45) is 11.7 Å². The number of nitrogens with zero attached hydrogens (tertiary/aromatic N) is 1. The van der Waals surface area contributed by atoms with Crippen LogP contribution in [0.2, 0.25) is 0 Å². The standard InChI is InChI=1S/C21H29N3O3.ClH/c1-4-13-26-17-8-10-18(11-9-17)27-21-16(7-6-12-23-21)14-24-20(25)19(22)15(3)5-2;/h6-12,15,19H,4-5,13-14,22H2,1-3H3,(H,24,25);1H. The lowest BCUT2D eigenvalue weighted by Gasteiger charge is -2.18. The van der Waals surface area contributed by atoms with Gasteiger partial charge in [-0.3, -0.25) is 4.79 Å². The molecule has 0 fully saturated rings. The summed E-state index contributed by atoms with van der Waals surface area (Å²) in [6, 6.07) is 10.6. The minimum Gasteiger partial charge on any atom is -0.494 e. The van der Waals surface area contributed by atoms with E-state index < -0.39 is 6.04 Å². The van der Waals surface area contributed by atoms with E-state index in [9.17, 15) is 4.79 Å². The molecule has 2 atom stereocenters. The van der Waals surface area contributed by atoms with Gasteiger partial charge in [-0.2, -0.15) is 0 Å². The van der Waals surface area contributed by atoms with E-state index in [0.717, 1.165) is 24.2 Å². The van der Waals surface area contributed by atoms with Gasteiger partial charge < -0.3 is 20.5 Å². The Morgan fingerprint density at radius 2 is 1.86 bits per heavy atom. The third kappa shape index (κ3) is 7.02. The molecule has 1 aromatic heterocycles. The van der Waals surface area contributed by atoms with Gasteiger partial charge in [0.2, 0.25) is 11.8 Å². The Morgan fingerprint density at radius 3 is 2.50 bits per heavy atom. The second-order valence-corrected chi connectivity index (χ2v) is 6.52. The normalized spacial score (nSPS) is 12.4. The highest BCUT2D eigenvalue weighted by Crippen LogP contribution is 2.25. The molecule has 1 aromatic carbocycles. The molecule has 0 aliphatic rings. The van der Waals surface area contributed by atoms with Crippen LogP contribution in [0.4, 0.5) is 0 Å². The van der Waals surface area contributed by atoms with Crippen LogP contribution in [0.1, 0.15) is 39.2 Å². The number of hydrogen-bond acceptors (Lipinski definition) is 5. The molecule has 0 bridgehead atoms. The number of amides is 1. The first-order valence-electron chi connectivity index (χ1n) is 9.43. The van der Waals surface area contributed by atoms with E-state index in [4.69, 9.17) is 15.2 Å². The van der Waals surface area contributed by atoms with Crippen LogP contribution >= 0.6 is 12.4 Å². The summed E-state index contributed by atoms with van der Waals surface area (Å²) < 4.78 is 11.5. The van der Waals surface area contributed by atoms with E-state index in [1.165, 1.54) is 0 Å². The van der Waals surface area contributed by atoms with Crippen LogP contribution in [-0.4, -0.2) is 23.5 Å². The zero-order chi connectivity index (χ0) is 19.6. The quantitative estimate of drug-likeness (QED) is 0.619. The number of hydrogen-bond donors (Lipinski definition) is 2. The Bertz CT molecular complexity index is 725. The zero-order valence-electron chi connectivity index (χ0n) is 16.7. The minimum absolute atomic E-state index is 0. The molecule has 2 rings (SSSR count).